The van der Waals surface area contributed by atoms with Crippen molar-refractivity contribution < 1.29 is 38.2 Å². The Kier molecular flexibility index (Phi) is 33.4. The molecule has 0 aliphatic heterocycles. The topological polar surface area (TPSA) is 102 Å². The molecule has 0 aromatic rings. The quantitative estimate of drug-likeness (QED) is 0.0273. The Morgan fingerprint density at radius 2 is 1.00 bits per heavy atom. The summed E-state index contributed by atoms with van der Waals surface area (Å²) in [5.41, 5.74) is 0. The standard InChI is InChI=1S/C43H79NO7/c1-6-8-10-12-14-16-17-18-19-20-21-22-23-24-26-27-29-31-33-41(45)50-38-39(37-49-36-35-40(43(47)48)44(3,4)5)51-42(46)34-32-30-28-25-15-13-11-9-7-2/h21-22,25,28,39-40H,6-20,23-24,26-27,29-38H2,1-5H3/b22-21+,28-25+. The average Bonchev–Trinajstić information content (AvgIpc) is 3.08. The third-order valence-corrected chi connectivity index (χ3v) is 9.31. The molecule has 0 aliphatic carbocycles. The number of quaternary nitrogens is 1. The van der Waals surface area contributed by atoms with E-state index in [1.807, 2.05) is 0 Å². The van der Waals surface area contributed by atoms with Crippen molar-refractivity contribution in [3.05, 3.63) is 24.3 Å². The first-order valence-corrected chi connectivity index (χ1v) is 20.9. The molecule has 0 fully saturated rings. The van der Waals surface area contributed by atoms with Crippen LogP contribution in [-0.4, -0.2) is 75.5 Å². The predicted molar refractivity (Wildman–Crippen MR) is 208 cm³/mol. The van der Waals surface area contributed by atoms with Crippen LogP contribution in [0.1, 0.15) is 181 Å². The second-order valence-electron chi connectivity index (χ2n) is 15.2. The van der Waals surface area contributed by atoms with Crippen molar-refractivity contribution in [2.45, 2.75) is 193 Å². The Hall–Kier alpha value is -2.19. The van der Waals surface area contributed by atoms with Crippen LogP contribution < -0.4 is 5.11 Å². The highest BCUT2D eigenvalue weighted by Crippen LogP contribution is 2.13. The molecule has 0 spiro atoms. The number of aliphatic carboxylic acids is 1. The fraction of sp³-hybridized carbons (Fsp3) is 0.837. The van der Waals surface area contributed by atoms with E-state index in [1.165, 1.54) is 96.3 Å². The maximum Gasteiger partial charge on any atom is 0.306 e. The van der Waals surface area contributed by atoms with E-state index in [-0.39, 0.29) is 49.1 Å². The fourth-order valence-corrected chi connectivity index (χ4v) is 6.01. The lowest BCUT2D eigenvalue weighted by molar-refractivity contribution is -0.889. The molecule has 0 heterocycles. The van der Waals surface area contributed by atoms with E-state index in [0.717, 1.165) is 44.9 Å². The number of allylic oxidation sites excluding steroid dienone is 4. The summed E-state index contributed by atoms with van der Waals surface area (Å²) < 4.78 is 17.0. The van der Waals surface area contributed by atoms with Gasteiger partial charge < -0.3 is 28.6 Å². The second-order valence-corrected chi connectivity index (χ2v) is 15.2. The van der Waals surface area contributed by atoms with Gasteiger partial charge in [-0.05, 0) is 57.8 Å². The van der Waals surface area contributed by atoms with Gasteiger partial charge in [-0.15, -0.1) is 0 Å². The molecule has 0 aromatic heterocycles. The van der Waals surface area contributed by atoms with Crippen LogP contribution in [0.3, 0.4) is 0 Å². The number of carboxylic acids is 1. The number of carboxylic acid groups (broad SMARTS) is 1. The molecule has 0 rings (SSSR count). The average molecular weight is 722 g/mol. The number of esters is 2. The third kappa shape index (κ3) is 33.4. The minimum atomic E-state index is -1.13. The van der Waals surface area contributed by atoms with Crippen molar-refractivity contribution in [1.82, 2.24) is 0 Å². The summed E-state index contributed by atoms with van der Waals surface area (Å²) >= 11 is 0. The predicted octanol–water partition coefficient (Wildman–Crippen LogP) is 9.58. The molecule has 0 radical (unpaired) electrons. The number of nitrogens with zero attached hydrogens (tertiary/aromatic N) is 1. The van der Waals surface area contributed by atoms with E-state index in [4.69, 9.17) is 14.2 Å². The zero-order valence-electron chi connectivity index (χ0n) is 33.8. The van der Waals surface area contributed by atoms with Gasteiger partial charge in [-0.3, -0.25) is 9.59 Å². The highest BCUT2D eigenvalue weighted by molar-refractivity contribution is 5.70. The molecule has 0 saturated carbocycles. The van der Waals surface area contributed by atoms with Crippen LogP contribution in [0.25, 0.3) is 0 Å². The first-order valence-electron chi connectivity index (χ1n) is 20.9. The normalized spacial score (nSPS) is 13.2. The van der Waals surface area contributed by atoms with Gasteiger partial charge >= 0.3 is 11.9 Å². The highest BCUT2D eigenvalue weighted by atomic mass is 16.6. The van der Waals surface area contributed by atoms with Crippen LogP contribution >= 0.6 is 0 Å². The Bertz CT molecular complexity index is 895. The van der Waals surface area contributed by atoms with Crippen molar-refractivity contribution in [3.63, 3.8) is 0 Å². The van der Waals surface area contributed by atoms with Crippen LogP contribution in [0, 0.1) is 0 Å². The Morgan fingerprint density at radius 3 is 1.49 bits per heavy atom. The van der Waals surface area contributed by atoms with Gasteiger partial charge in [-0.1, -0.05) is 128 Å². The van der Waals surface area contributed by atoms with Crippen molar-refractivity contribution in [2.24, 2.45) is 0 Å². The van der Waals surface area contributed by atoms with Gasteiger partial charge in [0.2, 0.25) is 0 Å². The first-order chi connectivity index (χ1) is 24.6. The van der Waals surface area contributed by atoms with Crippen LogP contribution in [0.15, 0.2) is 24.3 Å². The van der Waals surface area contributed by atoms with Gasteiger partial charge in [-0.25, -0.2) is 0 Å². The molecule has 8 heteroatoms. The van der Waals surface area contributed by atoms with E-state index in [1.54, 1.807) is 21.1 Å². The fourth-order valence-electron chi connectivity index (χ4n) is 6.01. The van der Waals surface area contributed by atoms with Gasteiger partial charge in [0.1, 0.15) is 12.6 Å². The molecule has 0 bridgehead atoms. The Labute approximate surface area is 313 Å². The number of hydrogen-bond donors (Lipinski definition) is 0. The summed E-state index contributed by atoms with van der Waals surface area (Å²) in [5.74, 6) is -1.79. The molecule has 0 aliphatic rings. The van der Waals surface area contributed by atoms with E-state index < -0.39 is 18.1 Å². The van der Waals surface area contributed by atoms with Crippen molar-refractivity contribution in [2.75, 3.05) is 41.0 Å². The lowest BCUT2D eigenvalue weighted by Crippen LogP contribution is -2.55. The van der Waals surface area contributed by atoms with Crippen LogP contribution in [-0.2, 0) is 28.6 Å². The number of unbranched alkanes of at least 4 members (excludes halogenated alkanes) is 19. The molecular weight excluding hydrogens is 642 g/mol. The smallest absolute Gasteiger partial charge is 0.306 e. The largest absolute Gasteiger partial charge is 0.544 e. The number of carbonyl (C=O) groups excluding carboxylic acids is 3. The number of ether oxygens (including phenoxy) is 3. The van der Waals surface area contributed by atoms with Gasteiger partial charge in [-0.2, -0.15) is 0 Å². The van der Waals surface area contributed by atoms with E-state index in [0.29, 0.717) is 12.8 Å². The molecule has 51 heavy (non-hydrogen) atoms. The van der Waals surface area contributed by atoms with E-state index >= 15 is 0 Å². The van der Waals surface area contributed by atoms with Crippen LogP contribution in [0.2, 0.25) is 0 Å². The summed E-state index contributed by atoms with van der Waals surface area (Å²) in [5, 5.41) is 11.6. The van der Waals surface area contributed by atoms with Gasteiger partial charge in [0, 0.05) is 19.3 Å². The molecule has 2 atom stereocenters. The highest BCUT2D eigenvalue weighted by Gasteiger charge is 2.25. The van der Waals surface area contributed by atoms with Crippen LogP contribution in [0.4, 0.5) is 0 Å². The second kappa shape index (κ2) is 34.9. The summed E-state index contributed by atoms with van der Waals surface area (Å²) in [4.78, 5) is 36.6. The zero-order chi connectivity index (χ0) is 37.8. The zero-order valence-corrected chi connectivity index (χ0v) is 33.8. The summed E-state index contributed by atoms with van der Waals surface area (Å²) in [7, 11) is 5.39. The third-order valence-electron chi connectivity index (χ3n) is 9.31. The minimum Gasteiger partial charge on any atom is -0.544 e. The minimum absolute atomic E-state index is 0.0290. The first kappa shape index (κ1) is 48.8. The molecule has 0 aromatic carbocycles. The molecular formula is C43H79NO7. The molecule has 0 amide bonds. The molecule has 298 valence electrons. The maximum atomic E-state index is 12.6. The van der Waals surface area contributed by atoms with E-state index in [2.05, 4.69) is 38.2 Å². The molecule has 8 nitrogen and oxygen atoms in total. The number of hydrogen-bond acceptors (Lipinski definition) is 7. The lowest BCUT2D eigenvalue weighted by Gasteiger charge is -2.34. The number of likely N-dealkylation sites (N-methyl/N-ethyl adjacent to an activating group) is 1. The van der Waals surface area contributed by atoms with Gasteiger partial charge in [0.15, 0.2) is 6.10 Å². The van der Waals surface area contributed by atoms with Crippen molar-refractivity contribution in [3.8, 4) is 0 Å². The Morgan fingerprint density at radius 1 is 0.569 bits per heavy atom. The monoisotopic (exact) mass is 722 g/mol. The Balaban J connectivity index is 4.31. The molecule has 0 N–H and O–H groups in total. The summed E-state index contributed by atoms with van der Waals surface area (Å²) in [6.07, 6.45) is 36.5. The van der Waals surface area contributed by atoms with Gasteiger partial charge in [0.05, 0.1) is 40.3 Å². The van der Waals surface area contributed by atoms with Crippen LogP contribution in [0.5, 0.6) is 0 Å². The van der Waals surface area contributed by atoms with Crippen molar-refractivity contribution >= 4 is 17.9 Å². The van der Waals surface area contributed by atoms with E-state index in [9.17, 15) is 19.5 Å². The lowest BCUT2D eigenvalue weighted by atomic mass is 10.1. The maximum absolute atomic E-state index is 12.6. The summed E-state index contributed by atoms with van der Waals surface area (Å²) in [6, 6.07) is -0.727. The molecule has 0 saturated heterocycles. The number of carbonyl (C=O) groups is 3. The molecule has 2 unspecified atom stereocenters. The summed E-state index contributed by atoms with van der Waals surface area (Å²) in [6.45, 7) is 4.59. The number of rotatable bonds is 37. The SMILES string of the molecule is CCCCCC/C=C/CCCC(=O)OC(COCCC(C(=O)[O-])[N+](C)(C)C)COC(=O)CCCCCCC/C=C/CCCCCCCCCCC. The van der Waals surface area contributed by atoms with Crippen molar-refractivity contribution in [1.29, 1.82) is 0 Å². The van der Waals surface area contributed by atoms with Gasteiger partial charge in [0.25, 0.3) is 0 Å².